The molecule has 0 spiro atoms. The van der Waals surface area contributed by atoms with Crippen LogP contribution in [0.15, 0.2) is 16.3 Å². The van der Waals surface area contributed by atoms with Crippen LogP contribution in [-0.2, 0) is 21.4 Å². The van der Waals surface area contributed by atoms with E-state index in [4.69, 9.17) is 0 Å². The van der Waals surface area contributed by atoms with E-state index >= 15 is 0 Å². The van der Waals surface area contributed by atoms with E-state index in [1.165, 1.54) is 15.6 Å². The van der Waals surface area contributed by atoms with Crippen LogP contribution in [0, 0.1) is 0 Å². The van der Waals surface area contributed by atoms with Crippen molar-refractivity contribution < 1.29 is 13.2 Å². The first-order valence-electron chi connectivity index (χ1n) is 6.95. The average Bonchev–Trinajstić information content (AvgIpc) is 2.93. The Morgan fingerprint density at radius 2 is 1.91 bits per heavy atom. The zero-order chi connectivity index (χ0) is 15.9. The molecule has 1 rings (SSSR count). The third-order valence-electron chi connectivity index (χ3n) is 3.00. The average molecular weight is 370 g/mol. The summed E-state index contributed by atoms with van der Waals surface area (Å²) in [7, 11) is -1.62. The van der Waals surface area contributed by atoms with E-state index in [1.54, 1.807) is 19.2 Å². The highest BCUT2D eigenvalue weighted by molar-refractivity contribution is 7.91. The van der Waals surface area contributed by atoms with Crippen molar-refractivity contribution >= 4 is 39.7 Å². The second kappa shape index (κ2) is 10.2. The number of sulfonamides is 1. The van der Waals surface area contributed by atoms with Crippen molar-refractivity contribution in [3.8, 4) is 0 Å². The first-order valence-corrected chi connectivity index (χ1v) is 9.21. The molecule has 1 aromatic rings. The highest BCUT2D eigenvalue weighted by Gasteiger charge is 2.23. The lowest BCUT2D eigenvalue weighted by Gasteiger charge is -2.16. The summed E-state index contributed by atoms with van der Waals surface area (Å²) in [5.74, 6) is -0.0501. The summed E-state index contributed by atoms with van der Waals surface area (Å²) in [4.78, 5) is 12.3. The van der Waals surface area contributed by atoms with Gasteiger partial charge in [0.2, 0.25) is 5.91 Å². The van der Waals surface area contributed by atoms with Gasteiger partial charge in [-0.25, -0.2) is 8.42 Å². The lowest BCUT2D eigenvalue weighted by molar-refractivity contribution is -0.121. The second-order valence-corrected chi connectivity index (χ2v) is 7.77. The number of carbonyl (C=O) groups is 1. The Bertz CT molecular complexity index is 557. The third-order valence-corrected chi connectivity index (χ3v) is 6.60. The molecule has 6 nitrogen and oxygen atoms in total. The van der Waals surface area contributed by atoms with Gasteiger partial charge >= 0.3 is 0 Å². The largest absolute Gasteiger partial charge is 0.351 e. The second-order valence-electron chi connectivity index (χ2n) is 4.44. The monoisotopic (exact) mass is 369 g/mol. The van der Waals surface area contributed by atoms with Crippen LogP contribution < -0.4 is 10.6 Å². The van der Waals surface area contributed by atoms with Gasteiger partial charge in [-0.2, -0.15) is 4.31 Å². The molecule has 0 bridgehead atoms. The summed E-state index contributed by atoms with van der Waals surface area (Å²) in [5.41, 5.74) is 0. The van der Waals surface area contributed by atoms with Crippen molar-refractivity contribution in [2.75, 3.05) is 26.7 Å². The zero-order valence-corrected chi connectivity index (χ0v) is 15.5. The smallest absolute Gasteiger partial charge is 0.252 e. The quantitative estimate of drug-likeness (QED) is 0.690. The molecule has 0 aromatic carbocycles. The molecule has 0 radical (unpaired) electrons. The first kappa shape index (κ1) is 21.3. The molecular weight excluding hydrogens is 346 g/mol. The fourth-order valence-corrected chi connectivity index (χ4v) is 4.70. The summed E-state index contributed by atoms with van der Waals surface area (Å²) in [6, 6.07) is 3.35. The minimum atomic E-state index is -3.40. The van der Waals surface area contributed by atoms with E-state index in [9.17, 15) is 13.2 Å². The maximum atomic E-state index is 12.3. The molecule has 0 aliphatic rings. The van der Waals surface area contributed by atoms with Gasteiger partial charge in [0.25, 0.3) is 10.0 Å². The van der Waals surface area contributed by atoms with Crippen LogP contribution in [0.4, 0.5) is 0 Å². The zero-order valence-electron chi connectivity index (χ0n) is 13.1. The van der Waals surface area contributed by atoms with E-state index in [-0.39, 0.29) is 18.3 Å². The van der Waals surface area contributed by atoms with Crippen molar-refractivity contribution in [3.05, 3.63) is 17.0 Å². The molecule has 0 saturated carbocycles. The van der Waals surface area contributed by atoms with Crippen molar-refractivity contribution in [2.45, 2.75) is 31.0 Å². The Balaban J connectivity index is 0.00000441. The Hall–Kier alpha value is -0.670. The van der Waals surface area contributed by atoms with Gasteiger partial charge in [0.1, 0.15) is 4.21 Å². The third kappa shape index (κ3) is 5.85. The number of amides is 1. The number of hydrogen-bond donors (Lipinski definition) is 2. The van der Waals surface area contributed by atoms with Gasteiger partial charge in [0.05, 0.1) is 6.54 Å². The number of nitrogens with zero attached hydrogens (tertiary/aromatic N) is 1. The number of hydrogen-bond acceptors (Lipinski definition) is 5. The Morgan fingerprint density at radius 1 is 1.27 bits per heavy atom. The number of carbonyl (C=O) groups excluding carboxylic acids is 1. The molecule has 0 saturated heterocycles. The number of rotatable bonds is 9. The number of thiophene rings is 1. The molecule has 0 unspecified atom stereocenters. The molecule has 22 heavy (non-hydrogen) atoms. The van der Waals surface area contributed by atoms with Crippen LogP contribution in [0.25, 0.3) is 0 Å². The summed E-state index contributed by atoms with van der Waals surface area (Å²) in [6.45, 7) is 5.52. The molecule has 0 fully saturated rings. The van der Waals surface area contributed by atoms with Crippen molar-refractivity contribution in [3.63, 3.8) is 0 Å². The minimum absolute atomic E-state index is 0. The molecule has 0 aliphatic heterocycles. The van der Waals surface area contributed by atoms with Gasteiger partial charge in [-0.05, 0) is 19.2 Å². The van der Waals surface area contributed by atoms with Gasteiger partial charge < -0.3 is 10.6 Å². The highest BCUT2D eigenvalue weighted by atomic mass is 35.5. The Kier molecular flexibility index (Phi) is 9.86. The van der Waals surface area contributed by atoms with E-state index in [1.807, 2.05) is 13.8 Å². The molecule has 1 aromatic heterocycles. The van der Waals surface area contributed by atoms with Crippen LogP contribution in [0.1, 0.15) is 25.1 Å². The van der Waals surface area contributed by atoms with Crippen molar-refractivity contribution in [2.24, 2.45) is 0 Å². The molecule has 9 heteroatoms. The van der Waals surface area contributed by atoms with Crippen molar-refractivity contribution in [1.82, 2.24) is 14.9 Å². The Labute approximate surface area is 142 Å². The lowest BCUT2D eigenvalue weighted by Crippen LogP contribution is -2.30. The summed E-state index contributed by atoms with van der Waals surface area (Å²) in [6.07, 6.45) is 0.409. The number of nitrogens with one attached hydrogen (secondary N) is 2. The molecule has 2 N–H and O–H groups in total. The maximum absolute atomic E-state index is 12.3. The summed E-state index contributed by atoms with van der Waals surface area (Å²) in [5, 5.41) is 5.68. The van der Waals surface area contributed by atoms with Crippen LogP contribution in [0.2, 0.25) is 0 Å². The van der Waals surface area contributed by atoms with Crippen LogP contribution in [0.5, 0.6) is 0 Å². The highest BCUT2D eigenvalue weighted by Crippen LogP contribution is 2.24. The molecule has 0 atom stereocenters. The van der Waals surface area contributed by atoms with Gasteiger partial charge in [-0.1, -0.05) is 13.8 Å². The molecule has 0 aliphatic carbocycles. The normalized spacial score (nSPS) is 11.3. The van der Waals surface area contributed by atoms with E-state index in [0.29, 0.717) is 36.8 Å². The molecule has 1 amide bonds. The fourth-order valence-electron chi connectivity index (χ4n) is 1.80. The van der Waals surface area contributed by atoms with Gasteiger partial charge in [-0.3, -0.25) is 4.79 Å². The lowest BCUT2D eigenvalue weighted by atomic mass is 10.4. The van der Waals surface area contributed by atoms with Crippen LogP contribution >= 0.6 is 23.7 Å². The Morgan fingerprint density at radius 3 is 2.45 bits per heavy atom. The summed E-state index contributed by atoms with van der Waals surface area (Å²) >= 11 is 1.20. The van der Waals surface area contributed by atoms with Crippen LogP contribution in [-0.4, -0.2) is 45.3 Å². The topological polar surface area (TPSA) is 78.5 Å². The fraction of sp³-hybridized carbons (Fsp3) is 0.615. The van der Waals surface area contributed by atoms with Gasteiger partial charge in [0, 0.05) is 30.9 Å². The van der Waals surface area contributed by atoms with E-state index < -0.39 is 10.0 Å². The predicted molar refractivity (Wildman–Crippen MR) is 92.1 cm³/mol. The van der Waals surface area contributed by atoms with Crippen molar-refractivity contribution in [1.29, 1.82) is 0 Å². The number of halogens is 1. The van der Waals surface area contributed by atoms with Gasteiger partial charge in [0.15, 0.2) is 0 Å². The van der Waals surface area contributed by atoms with Crippen LogP contribution in [0.3, 0.4) is 0 Å². The van der Waals surface area contributed by atoms with Gasteiger partial charge in [-0.15, -0.1) is 23.7 Å². The predicted octanol–water partition coefficient (Wildman–Crippen LogP) is 1.43. The SMILES string of the molecule is CCN(CC)S(=O)(=O)c1ccc(CNC(=O)CCNC)s1.Cl. The molecular formula is C13H24ClN3O3S2. The first-order chi connectivity index (χ1) is 9.95. The molecule has 1 heterocycles. The summed E-state index contributed by atoms with van der Waals surface area (Å²) < 4.78 is 26.4. The molecule has 128 valence electrons. The van der Waals surface area contributed by atoms with E-state index in [2.05, 4.69) is 10.6 Å². The maximum Gasteiger partial charge on any atom is 0.252 e. The minimum Gasteiger partial charge on any atom is -0.351 e. The standard InChI is InChI=1S/C13H23N3O3S2.ClH/c1-4-16(5-2)21(18,19)13-7-6-11(20-13)10-15-12(17)8-9-14-3;/h6-7,14H,4-5,8-10H2,1-3H3,(H,15,17);1H. The van der Waals surface area contributed by atoms with E-state index in [0.717, 1.165) is 4.88 Å².